The van der Waals surface area contributed by atoms with E-state index in [2.05, 4.69) is 46.3 Å². The van der Waals surface area contributed by atoms with Gasteiger partial charge in [-0.3, -0.25) is 0 Å². The number of aromatic nitrogens is 2. The van der Waals surface area contributed by atoms with E-state index in [4.69, 9.17) is 9.72 Å². The van der Waals surface area contributed by atoms with Crippen molar-refractivity contribution in [3.63, 3.8) is 0 Å². The number of ether oxygens (including phenoxy) is 1. The summed E-state index contributed by atoms with van der Waals surface area (Å²) < 4.78 is 5.89. The molecule has 0 fully saturated rings. The largest absolute Gasteiger partial charge is 0.489 e. The molecule has 2 heterocycles. The summed E-state index contributed by atoms with van der Waals surface area (Å²) in [6, 6.07) is 28.7. The van der Waals surface area contributed by atoms with E-state index in [1.165, 1.54) is 11.3 Å². The molecule has 0 radical (unpaired) electrons. The highest BCUT2D eigenvalue weighted by Crippen LogP contribution is 2.33. The first-order valence-corrected chi connectivity index (χ1v) is 9.82. The first-order valence-electron chi connectivity index (χ1n) is 9.82. The van der Waals surface area contributed by atoms with Crippen LogP contribution in [0.15, 0.2) is 91.1 Å². The van der Waals surface area contributed by atoms with Crippen LogP contribution in [0.2, 0.25) is 0 Å². The lowest BCUT2D eigenvalue weighted by molar-refractivity contribution is 0.306. The van der Waals surface area contributed by atoms with Crippen LogP contribution in [0.3, 0.4) is 0 Å². The molecule has 4 heteroatoms. The summed E-state index contributed by atoms with van der Waals surface area (Å²) >= 11 is 0. The lowest BCUT2D eigenvalue weighted by Gasteiger charge is -2.17. The molecule has 0 bridgehead atoms. The van der Waals surface area contributed by atoms with E-state index in [1.54, 1.807) is 0 Å². The molecule has 1 aliphatic heterocycles. The normalized spacial score (nSPS) is 12.6. The number of fused-ring (bicyclic) bond motifs is 1. The second-order valence-corrected chi connectivity index (χ2v) is 7.07. The second-order valence-electron chi connectivity index (χ2n) is 7.07. The molecule has 5 rings (SSSR count). The molecule has 0 spiro atoms. The van der Waals surface area contributed by atoms with Crippen LogP contribution >= 0.6 is 0 Å². The van der Waals surface area contributed by atoms with Gasteiger partial charge in [-0.25, -0.2) is 9.97 Å². The third-order valence-electron chi connectivity index (χ3n) is 5.17. The summed E-state index contributed by atoms with van der Waals surface area (Å²) in [7, 11) is 0. The Bertz CT molecular complexity index is 1110. The standard InChI is InChI=1S/C25H21N3O/c1-2-6-19(7-3-1)18-29-22-12-10-20(11-13-22)23-14-16-26-25(27-23)28-17-15-21-8-4-5-9-24(21)28/h1-14,16H,15,17-18H2. The van der Waals surface area contributed by atoms with Gasteiger partial charge in [-0.15, -0.1) is 0 Å². The maximum absolute atomic E-state index is 5.89. The van der Waals surface area contributed by atoms with Gasteiger partial charge in [-0.05, 0) is 53.9 Å². The molecular weight excluding hydrogens is 358 g/mol. The number of para-hydroxylation sites is 1. The van der Waals surface area contributed by atoms with Crippen molar-refractivity contribution < 1.29 is 4.74 Å². The van der Waals surface area contributed by atoms with Crippen LogP contribution in [0, 0.1) is 0 Å². The summed E-state index contributed by atoms with van der Waals surface area (Å²) in [6.07, 6.45) is 2.86. The summed E-state index contributed by atoms with van der Waals surface area (Å²) in [6.45, 7) is 1.47. The van der Waals surface area contributed by atoms with E-state index in [0.717, 1.165) is 41.5 Å². The fourth-order valence-corrected chi connectivity index (χ4v) is 3.65. The predicted molar refractivity (Wildman–Crippen MR) is 115 cm³/mol. The van der Waals surface area contributed by atoms with Crippen LogP contribution in [0.1, 0.15) is 11.1 Å². The monoisotopic (exact) mass is 379 g/mol. The maximum Gasteiger partial charge on any atom is 0.230 e. The predicted octanol–water partition coefficient (Wildman–Crippen LogP) is 5.42. The summed E-state index contributed by atoms with van der Waals surface area (Å²) in [5.41, 5.74) is 5.67. The minimum absolute atomic E-state index is 0.562. The third-order valence-corrected chi connectivity index (χ3v) is 5.17. The molecule has 0 saturated carbocycles. The van der Waals surface area contributed by atoms with Crippen LogP contribution in [-0.4, -0.2) is 16.5 Å². The zero-order chi connectivity index (χ0) is 19.5. The Hall–Kier alpha value is -3.66. The molecule has 0 aliphatic carbocycles. The number of hydrogen-bond acceptors (Lipinski definition) is 4. The second kappa shape index (κ2) is 7.76. The summed E-state index contributed by atoms with van der Waals surface area (Å²) in [5.74, 6) is 1.59. The fraction of sp³-hybridized carbons (Fsp3) is 0.120. The Morgan fingerprint density at radius 2 is 1.62 bits per heavy atom. The number of anilines is 2. The highest BCUT2D eigenvalue weighted by atomic mass is 16.5. The van der Waals surface area contributed by atoms with Crippen molar-refractivity contribution in [3.8, 4) is 17.0 Å². The molecule has 4 nitrogen and oxygen atoms in total. The Balaban J connectivity index is 1.33. The molecule has 1 aromatic heterocycles. The van der Waals surface area contributed by atoms with Crippen LogP contribution in [0.4, 0.5) is 11.6 Å². The third kappa shape index (κ3) is 3.69. The van der Waals surface area contributed by atoms with E-state index in [1.807, 2.05) is 54.7 Å². The molecular formula is C25H21N3O. The number of hydrogen-bond donors (Lipinski definition) is 0. The number of nitrogens with zero attached hydrogens (tertiary/aromatic N) is 3. The Labute approximate surface area is 170 Å². The molecule has 0 saturated heterocycles. The van der Waals surface area contributed by atoms with Gasteiger partial charge in [0.25, 0.3) is 0 Å². The van der Waals surface area contributed by atoms with Crippen molar-refractivity contribution in [2.45, 2.75) is 13.0 Å². The number of benzene rings is 3. The van der Waals surface area contributed by atoms with Crippen molar-refractivity contribution in [3.05, 3.63) is 102 Å². The van der Waals surface area contributed by atoms with E-state index < -0.39 is 0 Å². The molecule has 4 aromatic rings. The van der Waals surface area contributed by atoms with Gasteiger partial charge < -0.3 is 9.64 Å². The smallest absolute Gasteiger partial charge is 0.230 e. The number of rotatable bonds is 5. The Morgan fingerprint density at radius 1 is 0.828 bits per heavy atom. The van der Waals surface area contributed by atoms with Crippen molar-refractivity contribution in [1.82, 2.24) is 9.97 Å². The minimum Gasteiger partial charge on any atom is -0.489 e. The van der Waals surface area contributed by atoms with Crippen LogP contribution in [-0.2, 0) is 13.0 Å². The Kier molecular flexibility index (Phi) is 4.67. The van der Waals surface area contributed by atoms with Gasteiger partial charge in [-0.1, -0.05) is 48.5 Å². The zero-order valence-electron chi connectivity index (χ0n) is 16.0. The molecule has 3 aromatic carbocycles. The van der Waals surface area contributed by atoms with Gasteiger partial charge in [0.2, 0.25) is 5.95 Å². The van der Waals surface area contributed by atoms with Gasteiger partial charge in [0.05, 0.1) is 5.69 Å². The van der Waals surface area contributed by atoms with Crippen LogP contribution in [0.25, 0.3) is 11.3 Å². The molecule has 0 N–H and O–H groups in total. The molecule has 1 aliphatic rings. The first-order chi connectivity index (χ1) is 14.4. The van der Waals surface area contributed by atoms with Crippen molar-refractivity contribution in [2.75, 3.05) is 11.4 Å². The molecule has 0 atom stereocenters. The first kappa shape index (κ1) is 17.4. The zero-order valence-corrected chi connectivity index (χ0v) is 16.0. The van der Waals surface area contributed by atoms with Crippen molar-refractivity contribution in [2.24, 2.45) is 0 Å². The van der Waals surface area contributed by atoms with E-state index in [0.29, 0.717) is 6.61 Å². The highest BCUT2D eigenvalue weighted by molar-refractivity contribution is 5.68. The van der Waals surface area contributed by atoms with Crippen LogP contribution < -0.4 is 9.64 Å². The Morgan fingerprint density at radius 3 is 2.48 bits per heavy atom. The quantitative estimate of drug-likeness (QED) is 0.464. The van der Waals surface area contributed by atoms with Crippen molar-refractivity contribution in [1.29, 1.82) is 0 Å². The topological polar surface area (TPSA) is 38.2 Å². The molecule has 29 heavy (non-hydrogen) atoms. The average molecular weight is 379 g/mol. The fourth-order valence-electron chi connectivity index (χ4n) is 3.65. The van der Waals surface area contributed by atoms with Crippen molar-refractivity contribution >= 4 is 11.6 Å². The maximum atomic E-state index is 5.89. The van der Waals surface area contributed by atoms with Gasteiger partial charge in [0.1, 0.15) is 12.4 Å². The van der Waals surface area contributed by atoms with Crippen LogP contribution in [0.5, 0.6) is 5.75 Å². The van der Waals surface area contributed by atoms with E-state index >= 15 is 0 Å². The molecule has 0 unspecified atom stereocenters. The molecule has 142 valence electrons. The average Bonchev–Trinajstić information content (AvgIpc) is 3.23. The lowest BCUT2D eigenvalue weighted by Crippen LogP contribution is -2.16. The van der Waals surface area contributed by atoms with Gasteiger partial charge in [-0.2, -0.15) is 0 Å². The SMILES string of the molecule is c1ccc(COc2ccc(-c3ccnc(N4CCc5ccccc54)n3)cc2)cc1. The minimum atomic E-state index is 0.562. The lowest BCUT2D eigenvalue weighted by atomic mass is 10.1. The van der Waals surface area contributed by atoms with E-state index in [9.17, 15) is 0 Å². The summed E-state index contributed by atoms with van der Waals surface area (Å²) in [5, 5.41) is 0. The molecule has 0 amide bonds. The van der Waals surface area contributed by atoms with Gasteiger partial charge in [0, 0.05) is 24.0 Å². The van der Waals surface area contributed by atoms with Gasteiger partial charge >= 0.3 is 0 Å². The highest BCUT2D eigenvalue weighted by Gasteiger charge is 2.22. The summed E-state index contributed by atoms with van der Waals surface area (Å²) in [4.78, 5) is 11.5. The van der Waals surface area contributed by atoms with E-state index in [-0.39, 0.29) is 0 Å². The van der Waals surface area contributed by atoms with Gasteiger partial charge in [0.15, 0.2) is 0 Å².